The number of benzene rings is 1. The monoisotopic (exact) mass is 306 g/mol. The smallest absolute Gasteiger partial charge is 0.207 e. The first-order valence-corrected chi connectivity index (χ1v) is 7.34. The lowest BCUT2D eigenvalue weighted by Crippen LogP contribution is -2.37. The van der Waals surface area contributed by atoms with Crippen molar-refractivity contribution >= 4 is 33.2 Å². The molecule has 0 saturated heterocycles. The van der Waals surface area contributed by atoms with Gasteiger partial charge in [-0.2, -0.15) is 9.57 Å². The van der Waals surface area contributed by atoms with Crippen molar-refractivity contribution in [2.45, 2.75) is 24.8 Å². The van der Waals surface area contributed by atoms with E-state index in [0.29, 0.717) is 0 Å². The van der Waals surface area contributed by atoms with E-state index in [4.69, 9.17) is 28.5 Å². The van der Waals surface area contributed by atoms with Crippen molar-refractivity contribution in [3.63, 3.8) is 0 Å². The number of hydrogen-bond donors (Lipinski definition) is 0. The Balaban J connectivity index is 3.27. The lowest BCUT2D eigenvalue weighted by Gasteiger charge is -2.23. The normalized spacial score (nSPS) is 11.8. The molecule has 0 unspecified atom stereocenters. The van der Waals surface area contributed by atoms with Crippen LogP contribution in [0.3, 0.4) is 0 Å². The van der Waals surface area contributed by atoms with Gasteiger partial charge in [0.1, 0.15) is 6.54 Å². The zero-order valence-electron chi connectivity index (χ0n) is 9.89. The van der Waals surface area contributed by atoms with Crippen LogP contribution in [0.2, 0.25) is 10.0 Å². The van der Waals surface area contributed by atoms with Crippen LogP contribution < -0.4 is 0 Å². The van der Waals surface area contributed by atoms with Gasteiger partial charge in [0, 0.05) is 6.04 Å². The molecule has 18 heavy (non-hydrogen) atoms. The first kappa shape index (κ1) is 15.3. The SMILES string of the molecule is CC(C)N(CC#N)S(=O)(=O)c1ccc(Cl)c(Cl)c1. The Kier molecular flexibility index (Phi) is 5.00. The third-order valence-electron chi connectivity index (χ3n) is 2.30. The third-order valence-corrected chi connectivity index (χ3v) is 5.06. The Morgan fingerprint density at radius 3 is 2.39 bits per heavy atom. The minimum absolute atomic E-state index is 0.0286. The molecule has 98 valence electrons. The van der Waals surface area contributed by atoms with Crippen molar-refractivity contribution in [2.75, 3.05) is 6.54 Å². The maximum atomic E-state index is 12.3. The average molecular weight is 307 g/mol. The molecule has 0 amide bonds. The summed E-state index contributed by atoms with van der Waals surface area (Å²) < 4.78 is 25.7. The number of sulfonamides is 1. The van der Waals surface area contributed by atoms with Crippen molar-refractivity contribution in [3.8, 4) is 6.07 Å². The lowest BCUT2D eigenvalue weighted by atomic mass is 10.4. The van der Waals surface area contributed by atoms with E-state index in [1.165, 1.54) is 18.2 Å². The highest BCUT2D eigenvalue weighted by Crippen LogP contribution is 2.27. The summed E-state index contributed by atoms with van der Waals surface area (Å²) in [6.07, 6.45) is 0. The van der Waals surface area contributed by atoms with Crippen LogP contribution >= 0.6 is 23.2 Å². The van der Waals surface area contributed by atoms with Crippen LogP contribution in [0.4, 0.5) is 0 Å². The molecular formula is C11H12Cl2N2O2S. The van der Waals surface area contributed by atoms with Crippen LogP contribution in [0.25, 0.3) is 0 Å². The molecule has 4 nitrogen and oxygen atoms in total. The molecule has 1 aromatic carbocycles. The Morgan fingerprint density at radius 2 is 1.94 bits per heavy atom. The van der Waals surface area contributed by atoms with Crippen LogP contribution in [0.1, 0.15) is 13.8 Å². The molecular weight excluding hydrogens is 295 g/mol. The zero-order valence-corrected chi connectivity index (χ0v) is 12.2. The summed E-state index contributed by atoms with van der Waals surface area (Å²) in [6, 6.07) is 5.60. The van der Waals surface area contributed by atoms with Crippen molar-refractivity contribution < 1.29 is 8.42 Å². The molecule has 0 saturated carbocycles. The lowest BCUT2D eigenvalue weighted by molar-refractivity contribution is 0.385. The molecule has 0 aliphatic heterocycles. The second kappa shape index (κ2) is 5.89. The Morgan fingerprint density at radius 1 is 1.33 bits per heavy atom. The molecule has 0 aliphatic carbocycles. The summed E-state index contributed by atoms with van der Waals surface area (Å²) in [5.74, 6) is 0. The number of rotatable bonds is 4. The molecule has 1 rings (SSSR count). The van der Waals surface area contributed by atoms with E-state index in [1.807, 2.05) is 6.07 Å². The van der Waals surface area contributed by atoms with Gasteiger partial charge in [0.25, 0.3) is 0 Å². The van der Waals surface area contributed by atoms with Gasteiger partial charge < -0.3 is 0 Å². The summed E-state index contributed by atoms with van der Waals surface area (Å²) >= 11 is 11.5. The first-order chi connectivity index (χ1) is 8.30. The van der Waals surface area contributed by atoms with E-state index >= 15 is 0 Å². The van der Waals surface area contributed by atoms with Crippen molar-refractivity contribution in [3.05, 3.63) is 28.2 Å². The van der Waals surface area contributed by atoms with Crippen LogP contribution in [0, 0.1) is 11.3 Å². The number of hydrogen-bond acceptors (Lipinski definition) is 3. The van der Waals surface area contributed by atoms with Crippen LogP contribution in [-0.2, 0) is 10.0 Å². The van der Waals surface area contributed by atoms with Gasteiger partial charge in [-0.05, 0) is 32.0 Å². The van der Waals surface area contributed by atoms with Crippen molar-refractivity contribution in [1.82, 2.24) is 4.31 Å². The van der Waals surface area contributed by atoms with E-state index in [-0.39, 0.29) is 27.5 Å². The van der Waals surface area contributed by atoms with Gasteiger partial charge in [-0.15, -0.1) is 0 Å². The largest absolute Gasteiger partial charge is 0.244 e. The fraction of sp³-hybridized carbons (Fsp3) is 0.364. The molecule has 1 aromatic rings. The zero-order chi connectivity index (χ0) is 13.9. The Labute approximate surface area is 117 Å². The second-order valence-corrected chi connectivity index (χ2v) is 6.58. The predicted molar refractivity (Wildman–Crippen MR) is 71.1 cm³/mol. The van der Waals surface area contributed by atoms with Crippen molar-refractivity contribution in [2.24, 2.45) is 0 Å². The Hall–Kier alpha value is -0.800. The van der Waals surface area contributed by atoms with E-state index < -0.39 is 10.0 Å². The van der Waals surface area contributed by atoms with E-state index in [0.717, 1.165) is 4.31 Å². The summed E-state index contributed by atoms with van der Waals surface area (Å²) in [6.45, 7) is 3.19. The topological polar surface area (TPSA) is 61.2 Å². The minimum atomic E-state index is -3.73. The quantitative estimate of drug-likeness (QED) is 0.804. The van der Waals surface area contributed by atoms with Gasteiger partial charge in [0.15, 0.2) is 0 Å². The van der Waals surface area contributed by atoms with Crippen LogP contribution in [0.15, 0.2) is 23.1 Å². The van der Waals surface area contributed by atoms with E-state index in [1.54, 1.807) is 13.8 Å². The van der Waals surface area contributed by atoms with E-state index in [2.05, 4.69) is 0 Å². The van der Waals surface area contributed by atoms with Gasteiger partial charge in [0.2, 0.25) is 10.0 Å². The van der Waals surface area contributed by atoms with Gasteiger partial charge in [-0.3, -0.25) is 0 Å². The summed E-state index contributed by atoms with van der Waals surface area (Å²) in [4.78, 5) is 0.0286. The Bertz CT molecular complexity index is 579. The number of nitriles is 1. The molecule has 0 spiro atoms. The minimum Gasteiger partial charge on any atom is -0.207 e. The maximum Gasteiger partial charge on any atom is 0.244 e. The predicted octanol–water partition coefficient (Wildman–Crippen LogP) is 2.92. The van der Waals surface area contributed by atoms with E-state index in [9.17, 15) is 8.42 Å². The second-order valence-electron chi connectivity index (χ2n) is 3.88. The third kappa shape index (κ3) is 3.15. The molecule has 0 fully saturated rings. The molecule has 0 bridgehead atoms. The molecule has 0 N–H and O–H groups in total. The number of nitrogens with zero attached hydrogens (tertiary/aromatic N) is 2. The van der Waals surface area contributed by atoms with Gasteiger partial charge in [-0.1, -0.05) is 23.2 Å². The van der Waals surface area contributed by atoms with Gasteiger partial charge in [0.05, 0.1) is 21.0 Å². The molecule has 0 aliphatic rings. The highest BCUT2D eigenvalue weighted by atomic mass is 35.5. The molecule has 0 heterocycles. The molecule has 0 aromatic heterocycles. The molecule has 0 radical (unpaired) electrons. The van der Waals surface area contributed by atoms with Crippen molar-refractivity contribution in [1.29, 1.82) is 5.26 Å². The maximum absolute atomic E-state index is 12.3. The highest BCUT2D eigenvalue weighted by molar-refractivity contribution is 7.89. The average Bonchev–Trinajstić information content (AvgIpc) is 2.28. The first-order valence-electron chi connectivity index (χ1n) is 5.14. The summed E-state index contributed by atoms with van der Waals surface area (Å²) in [5, 5.41) is 9.14. The van der Waals surface area contributed by atoms with Gasteiger partial charge >= 0.3 is 0 Å². The fourth-order valence-electron chi connectivity index (χ4n) is 1.39. The van der Waals surface area contributed by atoms with Crippen LogP contribution in [0.5, 0.6) is 0 Å². The highest BCUT2D eigenvalue weighted by Gasteiger charge is 2.27. The summed E-state index contributed by atoms with van der Waals surface area (Å²) in [5.41, 5.74) is 0. The number of halogens is 2. The van der Waals surface area contributed by atoms with Gasteiger partial charge in [-0.25, -0.2) is 8.42 Å². The van der Waals surface area contributed by atoms with Crippen LogP contribution in [-0.4, -0.2) is 25.3 Å². The summed E-state index contributed by atoms with van der Waals surface area (Å²) in [7, 11) is -3.73. The molecule has 7 heteroatoms. The standard InChI is InChI=1S/C11H12Cl2N2O2S/c1-8(2)15(6-5-14)18(16,17)9-3-4-10(12)11(13)7-9/h3-4,7-8H,6H2,1-2H3. The fourth-order valence-corrected chi connectivity index (χ4v) is 3.31. The molecule has 0 atom stereocenters.